The summed E-state index contributed by atoms with van der Waals surface area (Å²) in [5.41, 5.74) is 0.603. The number of para-hydroxylation sites is 1. The molecule has 0 saturated heterocycles. The zero-order valence-electron chi connectivity index (χ0n) is 9.46. The molecule has 1 amide bonds. The summed E-state index contributed by atoms with van der Waals surface area (Å²) >= 11 is 0. The highest BCUT2D eigenvalue weighted by atomic mass is 16.5. The molecule has 2 rings (SSSR count). The van der Waals surface area contributed by atoms with Gasteiger partial charge >= 0.3 is 0 Å². The van der Waals surface area contributed by atoms with E-state index in [2.05, 4.69) is 5.32 Å². The molecule has 0 saturated carbocycles. The van der Waals surface area contributed by atoms with Crippen LogP contribution in [0.2, 0.25) is 0 Å². The lowest BCUT2D eigenvalue weighted by atomic mass is 10.3. The lowest BCUT2D eigenvalue weighted by Crippen LogP contribution is -2.04. The molecule has 0 unspecified atom stereocenters. The fourth-order valence-electron chi connectivity index (χ4n) is 1.42. The van der Waals surface area contributed by atoms with Crippen molar-refractivity contribution in [1.82, 2.24) is 5.32 Å². The van der Waals surface area contributed by atoms with Crippen LogP contribution in [0.5, 0.6) is 11.5 Å². The van der Waals surface area contributed by atoms with Crippen LogP contribution in [0.4, 0.5) is 5.69 Å². The van der Waals surface area contributed by atoms with Crippen molar-refractivity contribution in [3.05, 3.63) is 54.6 Å². The standard InChI is InChI=1S/C14H12NO2/c1-11(16)15-12-6-5-9-14(10-12)17-13-7-3-2-4-8-13/h2-10H,1H3. The first-order chi connectivity index (χ1) is 8.24. The van der Waals surface area contributed by atoms with E-state index in [1.165, 1.54) is 6.92 Å². The molecule has 2 aromatic rings. The van der Waals surface area contributed by atoms with E-state index < -0.39 is 0 Å². The number of hydrogen-bond donors (Lipinski definition) is 0. The molecule has 3 heteroatoms. The zero-order valence-corrected chi connectivity index (χ0v) is 9.46. The molecule has 0 bridgehead atoms. The molecule has 0 N–H and O–H groups in total. The van der Waals surface area contributed by atoms with Crippen molar-refractivity contribution in [3.8, 4) is 11.5 Å². The topological polar surface area (TPSA) is 40.4 Å². The fourth-order valence-corrected chi connectivity index (χ4v) is 1.42. The molecule has 2 aromatic carbocycles. The maximum absolute atomic E-state index is 10.9. The van der Waals surface area contributed by atoms with Gasteiger partial charge in [-0.15, -0.1) is 0 Å². The van der Waals surface area contributed by atoms with E-state index in [1.807, 2.05) is 36.4 Å². The Bertz CT molecular complexity index is 509. The summed E-state index contributed by atoms with van der Waals surface area (Å²) in [5.74, 6) is 1.20. The fraction of sp³-hybridized carbons (Fsp3) is 0.0714. The number of ether oxygens (including phenoxy) is 1. The molecule has 0 fully saturated rings. The Morgan fingerprint density at radius 2 is 1.71 bits per heavy atom. The first kappa shape index (κ1) is 11.2. The maximum atomic E-state index is 10.9. The highest BCUT2D eigenvalue weighted by Crippen LogP contribution is 2.23. The Hall–Kier alpha value is -2.29. The van der Waals surface area contributed by atoms with E-state index in [9.17, 15) is 4.79 Å². The third kappa shape index (κ3) is 3.34. The summed E-state index contributed by atoms with van der Waals surface area (Å²) in [6, 6.07) is 16.6. The minimum absolute atomic E-state index is 0.220. The molecule has 0 aliphatic rings. The number of hydrogen-bond acceptors (Lipinski definition) is 2. The molecule has 0 aromatic heterocycles. The van der Waals surface area contributed by atoms with Crippen molar-refractivity contribution < 1.29 is 9.53 Å². The smallest absolute Gasteiger partial charge is 0.243 e. The van der Waals surface area contributed by atoms with Crippen LogP contribution >= 0.6 is 0 Å². The first-order valence-electron chi connectivity index (χ1n) is 5.29. The zero-order chi connectivity index (χ0) is 12.1. The van der Waals surface area contributed by atoms with Crippen LogP contribution in [0.15, 0.2) is 54.6 Å². The van der Waals surface area contributed by atoms with Gasteiger partial charge in [-0.3, -0.25) is 4.79 Å². The van der Waals surface area contributed by atoms with Crippen molar-refractivity contribution in [2.75, 3.05) is 0 Å². The second-order valence-electron chi connectivity index (χ2n) is 3.54. The van der Waals surface area contributed by atoms with E-state index >= 15 is 0 Å². The second-order valence-corrected chi connectivity index (χ2v) is 3.54. The normalized spacial score (nSPS) is 9.71. The average molecular weight is 226 g/mol. The van der Waals surface area contributed by atoms with Gasteiger partial charge in [0.05, 0.1) is 5.69 Å². The largest absolute Gasteiger partial charge is 0.457 e. The van der Waals surface area contributed by atoms with Gasteiger partial charge in [0, 0.05) is 13.0 Å². The maximum Gasteiger partial charge on any atom is 0.243 e. The van der Waals surface area contributed by atoms with Gasteiger partial charge in [0.15, 0.2) is 0 Å². The monoisotopic (exact) mass is 226 g/mol. The van der Waals surface area contributed by atoms with E-state index in [0.717, 1.165) is 5.75 Å². The van der Waals surface area contributed by atoms with E-state index in [-0.39, 0.29) is 5.91 Å². The summed E-state index contributed by atoms with van der Waals surface area (Å²) in [5, 5.41) is 3.84. The summed E-state index contributed by atoms with van der Waals surface area (Å²) in [6.45, 7) is 1.42. The van der Waals surface area contributed by atoms with E-state index in [1.54, 1.807) is 18.2 Å². The minimum Gasteiger partial charge on any atom is -0.457 e. The van der Waals surface area contributed by atoms with E-state index in [0.29, 0.717) is 11.4 Å². The van der Waals surface area contributed by atoms with Crippen LogP contribution < -0.4 is 10.1 Å². The Balaban J connectivity index is 2.14. The third-order valence-electron chi connectivity index (χ3n) is 2.08. The van der Waals surface area contributed by atoms with Gasteiger partial charge < -0.3 is 4.74 Å². The van der Waals surface area contributed by atoms with Crippen LogP contribution in [0, 0.1) is 0 Å². The van der Waals surface area contributed by atoms with Crippen molar-refractivity contribution in [3.63, 3.8) is 0 Å². The van der Waals surface area contributed by atoms with Gasteiger partial charge in [-0.2, -0.15) is 0 Å². The van der Waals surface area contributed by atoms with E-state index in [4.69, 9.17) is 4.74 Å². The summed E-state index contributed by atoms with van der Waals surface area (Å²) in [7, 11) is 0. The highest BCUT2D eigenvalue weighted by Gasteiger charge is 2.01. The van der Waals surface area contributed by atoms with Crippen molar-refractivity contribution in [1.29, 1.82) is 0 Å². The Kier molecular flexibility index (Phi) is 3.40. The van der Waals surface area contributed by atoms with Crippen molar-refractivity contribution >= 4 is 11.6 Å². The molecule has 0 aliphatic carbocycles. The van der Waals surface area contributed by atoms with Crippen LogP contribution in [0.25, 0.3) is 0 Å². The molecular weight excluding hydrogens is 214 g/mol. The van der Waals surface area contributed by atoms with Gasteiger partial charge in [0.1, 0.15) is 11.5 Å². The van der Waals surface area contributed by atoms with Crippen LogP contribution in [0.1, 0.15) is 6.92 Å². The van der Waals surface area contributed by atoms with Crippen LogP contribution in [-0.4, -0.2) is 5.91 Å². The Morgan fingerprint density at radius 3 is 2.41 bits per heavy atom. The summed E-state index contributed by atoms with van der Waals surface area (Å²) in [6.07, 6.45) is 0. The lowest BCUT2D eigenvalue weighted by molar-refractivity contribution is -0.118. The number of carbonyl (C=O) groups excluding carboxylic acids is 1. The van der Waals surface area contributed by atoms with Crippen molar-refractivity contribution in [2.24, 2.45) is 0 Å². The predicted octanol–water partition coefficient (Wildman–Crippen LogP) is 3.26. The minimum atomic E-state index is -0.220. The van der Waals surface area contributed by atoms with Gasteiger partial charge in [0.2, 0.25) is 5.91 Å². The number of carbonyl (C=O) groups is 1. The van der Waals surface area contributed by atoms with Gasteiger partial charge in [-0.25, -0.2) is 5.32 Å². The number of benzene rings is 2. The van der Waals surface area contributed by atoms with Gasteiger partial charge in [-0.1, -0.05) is 24.3 Å². The Labute approximate surface area is 100 Å². The third-order valence-corrected chi connectivity index (χ3v) is 2.08. The second kappa shape index (κ2) is 5.16. The molecule has 85 valence electrons. The SMILES string of the molecule is CC(=O)[N]c1cccc(Oc2ccccc2)c1. The molecule has 0 atom stereocenters. The average Bonchev–Trinajstić information content (AvgIpc) is 2.30. The number of nitrogens with zero attached hydrogens (tertiary/aromatic N) is 1. The van der Waals surface area contributed by atoms with Crippen molar-refractivity contribution in [2.45, 2.75) is 6.92 Å². The van der Waals surface area contributed by atoms with Crippen LogP contribution in [-0.2, 0) is 4.79 Å². The predicted molar refractivity (Wildman–Crippen MR) is 65.4 cm³/mol. The molecule has 17 heavy (non-hydrogen) atoms. The molecule has 0 spiro atoms. The Morgan fingerprint density at radius 1 is 1.00 bits per heavy atom. The van der Waals surface area contributed by atoms with Crippen LogP contribution in [0.3, 0.4) is 0 Å². The molecular formula is C14H12NO2. The quantitative estimate of drug-likeness (QED) is 0.805. The summed E-state index contributed by atoms with van der Waals surface area (Å²) < 4.78 is 5.63. The summed E-state index contributed by atoms with van der Waals surface area (Å²) in [4.78, 5) is 10.9. The first-order valence-corrected chi connectivity index (χ1v) is 5.29. The highest BCUT2D eigenvalue weighted by molar-refractivity contribution is 5.78. The molecule has 3 nitrogen and oxygen atoms in total. The molecule has 0 aliphatic heterocycles. The van der Waals surface area contributed by atoms with Gasteiger partial charge in [0.25, 0.3) is 0 Å². The van der Waals surface area contributed by atoms with Gasteiger partial charge in [-0.05, 0) is 24.3 Å². The number of rotatable bonds is 3. The molecule has 1 radical (unpaired) electrons. The lowest BCUT2D eigenvalue weighted by Gasteiger charge is -2.06. The molecule has 0 heterocycles. The number of amides is 1.